The van der Waals surface area contributed by atoms with E-state index in [0.29, 0.717) is 6.04 Å². The van der Waals surface area contributed by atoms with E-state index < -0.39 is 0 Å². The Hall–Kier alpha value is -0.610. The fraction of sp³-hybridized carbons (Fsp3) is 0.625. The van der Waals surface area contributed by atoms with Gasteiger partial charge in [0.2, 0.25) is 0 Å². The lowest BCUT2D eigenvalue weighted by Gasteiger charge is -2.36. The van der Waals surface area contributed by atoms with Crippen LogP contribution in [0.25, 0.3) is 0 Å². The van der Waals surface area contributed by atoms with E-state index in [9.17, 15) is 0 Å². The first-order valence-corrected chi connectivity index (χ1v) is 7.85. The number of morpholine rings is 1. The molecule has 0 amide bonds. The zero-order chi connectivity index (χ0) is 14.4. The van der Waals surface area contributed by atoms with Crippen molar-refractivity contribution < 1.29 is 4.74 Å². The van der Waals surface area contributed by atoms with Crippen LogP contribution < -0.4 is 5.32 Å². The Labute approximate surface area is 127 Å². The normalized spacial score (nSPS) is 21.9. The number of rotatable bonds is 6. The predicted octanol–water partition coefficient (Wildman–Crippen LogP) is 2.58. The molecule has 2 unspecified atom stereocenters. The van der Waals surface area contributed by atoms with Crippen LogP contribution >= 0.6 is 11.6 Å². The number of likely N-dealkylation sites (N-methyl/N-ethyl adjacent to an activating group) is 1. The maximum absolute atomic E-state index is 6.29. The van der Waals surface area contributed by atoms with Gasteiger partial charge in [-0.1, -0.05) is 36.7 Å². The van der Waals surface area contributed by atoms with E-state index in [4.69, 9.17) is 16.3 Å². The molecule has 1 aromatic rings. The molecule has 112 valence electrons. The van der Waals surface area contributed by atoms with Crippen LogP contribution in [0.2, 0.25) is 5.02 Å². The van der Waals surface area contributed by atoms with Gasteiger partial charge in [-0.3, -0.25) is 0 Å². The highest BCUT2D eigenvalue weighted by molar-refractivity contribution is 6.31. The van der Waals surface area contributed by atoms with Gasteiger partial charge in [0.15, 0.2) is 0 Å². The molecule has 0 saturated carbocycles. The second-order valence-electron chi connectivity index (χ2n) is 5.53. The maximum Gasteiger partial charge on any atom is 0.0858 e. The van der Waals surface area contributed by atoms with Crippen LogP contribution in [-0.2, 0) is 11.2 Å². The van der Waals surface area contributed by atoms with Gasteiger partial charge >= 0.3 is 0 Å². The molecule has 1 saturated heterocycles. The molecule has 2 rings (SSSR count). The van der Waals surface area contributed by atoms with Crippen LogP contribution in [0.5, 0.6) is 0 Å². The van der Waals surface area contributed by atoms with Crippen molar-refractivity contribution in [2.45, 2.75) is 31.9 Å². The van der Waals surface area contributed by atoms with Crippen molar-refractivity contribution in [3.63, 3.8) is 0 Å². The molecule has 20 heavy (non-hydrogen) atoms. The summed E-state index contributed by atoms with van der Waals surface area (Å²) in [5.74, 6) is 0. The molecule has 0 radical (unpaired) electrons. The first-order valence-electron chi connectivity index (χ1n) is 7.47. The molecule has 1 heterocycles. The van der Waals surface area contributed by atoms with Crippen molar-refractivity contribution in [2.24, 2.45) is 0 Å². The van der Waals surface area contributed by atoms with Gasteiger partial charge < -0.3 is 15.0 Å². The summed E-state index contributed by atoms with van der Waals surface area (Å²) in [5, 5.41) is 4.47. The number of benzene rings is 1. The average Bonchev–Trinajstić information content (AvgIpc) is 2.45. The third kappa shape index (κ3) is 4.45. The number of ether oxygens (including phenoxy) is 1. The fourth-order valence-corrected chi connectivity index (χ4v) is 2.83. The summed E-state index contributed by atoms with van der Waals surface area (Å²) in [6.45, 7) is 6.01. The topological polar surface area (TPSA) is 24.5 Å². The molecule has 2 atom stereocenters. The van der Waals surface area contributed by atoms with Crippen molar-refractivity contribution in [3.05, 3.63) is 34.9 Å². The predicted molar refractivity (Wildman–Crippen MR) is 84.5 cm³/mol. The van der Waals surface area contributed by atoms with Crippen molar-refractivity contribution in [1.29, 1.82) is 0 Å². The minimum atomic E-state index is 0.233. The van der Waals surface area contributed by atoms with Crippen molar-refractivity contribution in [3.8, 4) is 0 Å². The Morgan fingerprint density at radius 2 is 2.25 bits per heavy atom. The molecular formula is C16H25ClN2O. The van der Waals surface area contributed by atoms with Crippen LogP contribution in [0.3, 0.4) is 0 Å². The lowest BCUT2D eigenvalue weighted by atomic mass is 9.99. The van der Waals surface area contributed by atoms with Gasteiger partial charge in [0.05, 0.1) is 12.7 Å². The van der Waals surface area contributed by atoms with Crippen LogP contribution in [0.1, 0.15) is 18.9 Å². The van der Waals surface area contributed by atoms with Gasteiger partial charge in [0, 0.05) is 24.2 Å². The largest absolute Gasteiger partial charge is 0.374 e. The molecule has 1 aliphatic rings. The SMILES string of the molecule is CCCNC(Cc1ccccc1Cl)C1CN(C)CCO1. The molecule has 0 aromatic heterocycles. The average molecular weight is 297 g/mol. The molecule has 3 nitrogen and oxygen atoms in total. The quantitative estimate of drug-likeness (QED) is 0.873. The molecule has 1 aromatic carbocycles. The molecule has 1 fully saturated rings. The van der Waals surface area contributed by atoms with Crippen molar-refractivity contribution in [2.75, 3.05) is 33.3 Å². The minimum absolute atomic E-state index is 0.233. The number of hydrogen-bond acceptors (Lipinski definition) is 3. The highest BCUT2D eigenvalue weighted by Crippen LogP contribution is 2.19. The summed E-state index contributed by atoms with van der Waals surface area (Å²) in [6.07, 6.45) is 2.27. The van der Waals surface area contributed by atoms with Gasteiger partial charge in [0.25, 0.3) is 0 Å². The summed E-state index contributed by atoms with van der Waals surface area (Å²) in [4.78, 5) is 2.33. The Morgan fingerprint density at radius 3 is 2.95 bits per heavy atom. The Kier molecular flexibility index (Phi) is 6.30. The van der Waals surface area contributed by atoms with E-state index in [-0.39, 0.29) is 6.10 Å². The zero-order valence-corrected chi connectivity index (χ0v) is 13.2. The molecule has 0 bridgehead atoms. The zero-order valence-electron chi connectivity index (χ0n) is 12.4. The first-order chi connectivity index (χ1) is 9.70. The van der Waals surface area contributed by atoms with E-state index in [0.717, 1.165) is 44.1 Å². The summed E-state index contributed by atoms with van der Waals surface area (Å²) in [5.41, 5.74) is 1.19. The Morgan fingerprint density at radius 1 is 1.45 bits per heavy atom. The Balaban J connectivity index is 2.04. The lowest BCUT2D eigenvalue weighted by molar-refractivity contribution is -0.0383. The van der Waals surface area contributed by atoms with Gasteiger partial charge in [0.1, 0.15) is 0 Å². The number of hydrogen-bond donors (Lipinski definition) is 1. The van der Waals surface area contributed by atoms with Gasteiger partial charge in [-0.15, -0.1) is 0 Å². The third-order valence-electron chi connectivity index (χ3n) is 3.80. The van der Waals surface area contributed by atoms with Gasteiger partial charge in [-0.2, -0.15) is 0 Å². The van der Waals surface area contributed by atoms with Crippen LogP contribution in [0.15, 0.2) is 24.3 Å². The lowest BCUT2D eigenvalue weighted by Crippen LogP contribution is -2.52. The van der Waals surface area contributed by atoms with E-state index in [1.165, 1.54) is 5.56 Å². The van der Waals surface area contributed by atoms with E-state index in [1.807, 2.05) is 18.2 Å². The first kappa shape index (κ1) is 15.8. The Bertz CT molecular complexity index is 413. The fourth-order valence-electron chi connectivity index (χ4n) is 2.62. The number of halogens is 1. The van der Waals surface area contributed by atoms with Crippen LogP contribution in [-0.4, -0.2) is 50.3 Å². The highest BCUT2D eigenvalue weighted by atomic mass is 35.5. The van der Waals surface area contributed by atoms with E-state index in [1.54, 1.807) is 0 Å². The number of nitrogens with one attached hydrogen (secondary N) is 1. The van der Waals surface area contributed by atoms with E-state index >= 15 is 0 Å². The highest BCUT2D eigenvalue weighted by Gasteiger charge is 2.26. The molecule has 4 heteroatoms. The van der Waals surface area contributed by atoms with Gasteiger partial charge in [-0.25, -0.2) is 0 Å². The maximum atomic E-state index is 6.29. The summed E-state index contributed by atoms with van der Waals surface area (Å²) < 4.78 is 5.97. The summed E-state index contributed by atoms with van der Waals surface area (Å²) >= 11 is 6.29. The van der Waals surface area contributed by atoms with Crippen molar-refractivity contribution >= 4 is 11.6 Å². The molecule has 0 spiro atoms. The third-order valence-corrected chi connectivity index (χ3v) is 4.17. The number of nitrogens with zero attached hydrogens (tertiary/aromatic N) is 1. The second kappa shape index (κ2) is 7.99. The summed E-state index contributed by atoms with van der Waals surface area (Å²) in [6, 6.07) is 8.41. The smallest absolute Gasteiger partial charge is 0.0858 e. The molecule has 1 N–H and O–H groups in total. The molecule has 1 aliphatic heterocycles. The molecular weight excluding hydrogens is 272 g/mol. The second-order valence-corrected chi connectivity index (χ2v) is 5.93. The van der Waals surface area contributed by atoms with Crippen LogP contribution in [0, 0.1) is 0 Å². The standard InChI is InChI=1S/C16H25ClN2O/c1-3-8-18-15(16-12-19(2)9-10-20-16)11-13-6-4-5-7-14(13)17/h4-7,15-16,18H,3,8-12H2,1-2H3. The summed E-state index contributed by atoms with van der Waals surface area (Å²) in [7, 11) is 2.15. The minimum Gasteiger partial charge on any atom is -0.374 e. The van der Waals surface area contributed by atoms with Crippen molar-refractivity contribution in [1.82, 2.24) is 10.2 Å². The van der Waals surface area contributed by atoms with E-state index in [2.05, 4.69) is 30.3 Å². The van der Waals surface area contributed by atoms with Crippen LogP contribution in [0.4, 0.5) is 0 Å². The molecule has 0 aliphatic carbocycles. The van der Waals surface area contributed by atoms with Gasteiger partial charge in [-0.05, 0) is 38.1 Å². The monoisotopic (exact) mass is 296 g/mol.